The van der Waals surface area contributed by atoms with Crippen LogP contribution in [0.1, 0.15) is 34.3 Å². The lowest BCUT2D eigenvalue weighted by molar-refractivity contribution is 0.102. The first-order valence-corrected chi connectivity index (χ1v) is 7.45. The number of anilines is 1. The number of carbonyl (C=O) groups is 1. The quantitative estimate of drug-likeness (QED) is 0.754. The van der Waals surface area contributed by atoms with Gasteiger partial charge in [0.15, 0.2) is 0 Å². The summed E-state index contributed by atoms with van der Waals surface area (Å²) in [7, 11) is 0. The van der Waals surface area contributed by atoms with E-state index in [1.165, 1.54) is 23.5 Å². The summed E-state index contributed by atoms with van der Waals surface area (Å²) < 4.78 is 0. The molecule has 0 spiro atoms. The van der Waals surface area contributed by atoms with Gasteiger partial charge < -0.3 is 5.32 Å². The molecule has 21 heavy (non-hydrogen) atoms. The molecular weight excluding hydrogens is 292 g/mol. The van der Waals surface area contributed by atoms with Gasteiger partial charge in [0.1, 0.15) is 10.7 Å². The Morgan fingerprint density at radius 3 is 3.00 bits per heavy atom. The van der Waals surface area contributed by atoms with E-state index in [1.54, 1.807) is 0 Å². The van der Waals surface area contributed by atoms with Crippen LogP contribution in [0.2, 0.25) is 0 Å². The minimum Gasteiger partial charge on any atom is -0.316 e. The lowest BCUT2D eigenvalue weighted by Gasteiger charge is -2.19. The SMILES string of the molecule is O=C(Nc1nnc(C2CCCNC2)s1)c1ccc(=O)[nH]n1. The number of amides is 1. The van der Waals surface area contributed by atoms with Crippen LogP contribution in [-0.4, -0.2) is 39.4 Å². The van der Waals surface area contributed by atoms with E-state index in [0.717, 1.165) is 30.9 Å². The van der Waals surface area contributed by atoms with E-state index >= 15 is 0 Å². The number of nitrogens with zero attached hydrogens (tertiary/aromatic N) is 3. The van der Waals surface area contributed by atoms with Crippen molar-refractivity contribution in [3.63, 3.8) is 0 Å². The molecule has 2 aromatic rings. The maximum Gasteiger partial charge on any atom is 0.277 e. The Labute approximate surface area is 124 Å². The first-order valence-electron chi connectivity index (χ1n) is 6.63. The van der Waals surface area contributed by atoms with E-state index in [9.17, 15) is 9.59 Å². The number of hydrogen-bond donors (Lipinski definition) is 3. The molecule has 8 nitrogen and oxygen atoms in total. The molecule has 0 aromatic carbocycles. The van der Waals surface area contributed by atoms with Gasteiger partial charge >= 0.3 is 0 Å². The molecule has 0 radical (unpaired) electrons. The predicted molar refractivity (Wildman–Crippen MR) is 77.6 cm³/mol. The molecule has 110 valence electrons. The number of carbonyl (C=O) groups excluding carboxylic acids is 1. The fourth-order valence-corrected chi connectivity index (χ4v) is 3.02. The smallest absolute Gasteiger partial charge is 0.277 e. The molecule has 3 rings (SSSR count). The van der Waals surface area contributed by atoms with Crippen LogP contribution in [0.4, 0.5) is 5.13 Å². The summed E-state index contributed by atoms with van der Waals surface area (Å²) in [6, 6.07) is 2.61. The third kappa shape index (κ3) is 3.31. The van der Waals surface area contributed by atoms with Crippen LogP contribution in [0.15, 0.2) is 16.9 Å². The van der Waals surface area contributed by atoms with Crippen LogP contribution in [0.25, 0.3) is 0 Å². The monoisotopic (exact) mass is 306 g/mol. The third-order valence-electron chi connectivity index (χ3n) is 3.22. The van der Waals surface area contributed by atoms with Crippen molar-refractivity contribution in [2.45, 2.75) is 18.8 Å². The Morgan fingerprint density at radius 1 is 1.38 bits per heavy atom. The van der Waals surface area contributed by atoms with Crippen molar-refractivity contribution >= 4 is 22.4 Å². The maximum absolute atomic E-state index is 11.9. The molecule has 0 saturated carbocycles. The van der Waals surface area contributed by atoms with Crippen molar-refractivity contribution < 1.29 is 4.79 Å². The Hall–Kier alpha value is -2.13. The van der Waals surface area contributed by atoms with Crippen molar-refractivity contribution in [1.82, 2.24) is 25.7 Å². The van der Waals surface area contributed by atoms with Gasteiger partial charge in [0.25, 0.3) is 11.5 Å². The lowest BCUT2D eigenvalue weighted by Crippen LogP contribution is -2.28. The van der Waals surface area contributed by atoms with Crippen LogP contribution >= 0.6 is 11.3 Å². The number of aromatic nitrogens is 4. The zero-order chi connectivity index (χ0) is 14.7. The molecule has 2 aromatic heterocycles. The minimum atomic E-state index is -0.421. The highest BCUT2D eigenvalue weighted by atomic mass is 32.1. The molecule has 1 fully saturated rings. The number of piperidine rings is 1. The van der Waals surface area contributed by atoms with Gasteiger partial charge in [-0.3, -0.25) is 14.9 Å². The standard InChI is InChI=1S/C12H14N6O2S/c19-9-4-3-8(15-16-9)10(20)14-12-18-17-11(21-12)7-2-1-5-13-6-7/h3-4,7,13H,1-2,5-6H2,(H,16,19)(H,14,18,20). The average Bonchev–Trinajstić information content (AvgIpc) is 2.97. The van der Waals surface area contributed by atoms with Crippen LogP contribution in [0, 0.1) is 0 Å². The molecule has 1 amide bonds. The largest absolute Gasteiger partial charge is 0.316 e. The van der Waals surface area contributed by atoms with E-state index in [-0.39, 0.29) is 11.3 Å². The van der Waals surface area contributed by atoms with Crippen molar-refractivity contribution in [2.75, 3.05) is 18.4 Å². The fourth-order valence-electron chi connectivity index (χ4n) is 2.14. The van der Waals surface area contributed by atoms with E-state index in [4.69, 9.17) is 0 Å². The summed E-state index contributed by atoms with van der Waals surface area (Å²) >= 11 is 1.37. The number of nitrogens with one attached hydrogen (secondary N) is 3. The molecule has 0 aliphatic carbocycles. The van der Waals surface area contributed by atoms with E-state index < -0.39 is 5.91 Å². The molecule has 1 atom stereocenters. The Morgan fingerprint density at radius 2 is 2.29 bits per heavy atom. The highest BCUT2D eigenvalue weighted by Gasteiger charge is 2.20. The second-order valence-electron chi connectivity index (χ2n) is 4.75. The number of aromatic amines is 1. The van der Waals surface area contributed by atoms with E-state index in [1.807, 2.05) is 0 Å². The molecule has 9 heteroatoms. The van der Waals surface area contributed by atoms with Crippen LogP contribution in [0.5, 0.6) is 0 Å². The van der Waals surface area contributed by atoms with Crippen LogP contribution in [0.3, 0.4) is 0 Å². The summed E-state index contributed by atoms with van der Waals surface area (Å²) in [4.78, 5) is 22.8. The highest BCUT2D eigenvalue weighted by Crippen LogP contribution is 2.28. The van der Waals surface area contributed by atoms with Gasteiger partial charge in [-0.15, -0.1) is 10.2 Å². The normalized spacial score (nSPS) is 18.4. The fraction of sp³-hybridized carbons (Fsp3) is 0.417. The van der Waals surface area contributed by atoms with Crippen molar-refractivity contribution in [2.24, 2.45) is 0 Å². The maximum atomic E-state index is 11.9. The Bertz CT molecular complexity index is 671. The second kappa shape index (κ2) is 6.10. The van der Waals surface area contributed by atoms with Gasteiger partial charge in [0.05, 0.1) is 0 Å². The van der Waals surface area contributed by atoms with Crippen LogP contribution < -0.4 is 16.2 Å². The first-order chi connectivity index (χ1) is 10.2. The van der Waals surface area contributed by atoms with Crippen molar-refractivity contribution in [3.8, 4) is 0 Å². The third-order valence-corrected chi connectivity index (χ3v) is 4.22. The van der Waals surface area contributed by atoms with Crippen molar-refractivity contribution in [1.29, 1.82) is 0 Å². The molecule has 1 aliphatic heterocycles. The average molecular weight is 306 g/mol. The topological polar surface area (TPSA) is 113 Å². The summed E-state index contributed by atoms with van der Waals surface area (Å²) in [6.45, 7) is 1.93. The summed E-state index contributed by atoms with van der Waals surface area (Å²) in [5.41, 5.74) is -0.222. The molecule has 1 aliphatic rings. The molecule has 0 bridgehead atoms. The second-order valence-corrected chi connectivity index (χ2v) is 5.76. The lowest BCUT2D eigenvalue weighted by atomic mass is 10.0. The Kier molecular flexibility index (Phi) is 4.02. The van der Waals surface area contributed by atoms with E-state index in [2.05, 4.69) is 31.0 Å². The number of H-pyrrole nitrogens is 1. The highest BCUT2D eigenvalue weighted by molar-refractivity contribution is 7.15. The van der Waals surface area contributed by atoms with Gasteiger partial charge in [-0.2, -0.15) is 5.10 Å². The molecule has 3 heterocycles. The van der Waals surface area contributed by atoms with Crippen LogP contribution in [-0.2, 0) is 0 Å². The summed E-state index contributed by atoms with van der Waals surface area (Å²) in [5.74, 6) is -0.0659. The predicted octanol–water partition coefficient (Wildman–Crippen LogP) is 0.341. The van der Waals surface area contributed by atoms with Crippen molar-refractivity contribution in [3.05, 3.63) is 33.2 Å². The van der Waals surface area contributed by atoms with E-state index in [0.29, 0.717) is 11.0 Å². The molecular formula is C12H14N6O2S. The first kappa shape index (κ1) is 13.8. The minimum absolute atomic E-state index is 0.130. The zero-order valence-corrected chi connectivity index (χ0v) is 11.9. The zero-order valence-electron chi connectivity index (χ0n) is 11.1. The summed E-state index contributed by atoms with van der Waals surface area (Å²) in [6.07, 6.45) is 2.20. The molecule has 1 unspecified atom stereocenters. The number of rotatable bonds is 3. The van der Waals surface area contributed by atoms with Gasteiger partial charge in [0, 0.05) is 18.5 Å². The van der Waals surface area contributed by atoms with Gasteiger partial charge in [0.2, 0.25) is 5.13 Å². The van der Waals surface area contributed by atoms with Gasteiger partial charge in [-0.05, 0) is 25.5 Å². The Balaban J connectivity index is 1.67. The molecule has 1 saturated heterocycles. The number of hydrogen-bond acceptors (Lipinski definition) is 7. The molecule has 3 N–H and O–H groups in total. The summed E-state index contributed by atoms with van der Waals surface area (Å²) in [5, 5.41) is 21.3. The van der Waals surface area contributed by atoms with Gasteiger partial charge in [-0.25, -0.2) is 5.10 Å². The van der Waals surface area contributed by atoms with Gasteiger partial charge in [-0.1, -0.05) is 11.3 Å².